The Morgan fingerprint density at radius 3 is 1.84 bits per heavy atom. The molecule has 0 radical (unpaired) electrons. The molecule has 0 aliphatic carbocycles. The van der Waals surface area contributed by atoms with Crippen LogP contribution in [-0.4, -0.2) is 26.8 Å². The number of nitrogens with one attached hydrogen (secondary N) is 1. The van der Waals surface area contributed by atoms with Gasteiger partial charge in [-0.3, -0.25) is 14.2 Å². The van der Waals surface area contributed by atoms with Crippen LogP contribution < -0.4 is 27.0 Å². The van der Waals surface area contributed by atoms with Gasteiger partial charge in [-0.1, -0.05) is 36.4 Å². The molecule has 8 nitrogen and oxygen atoms in total. The number of nitrogens with zero attached hydrogens (tertiary/aromatic N) is 4. The molecule has 5 rings (SSSR count). The molecule has 0 saturated heterocycles. The predicted molar refractivity (Wildman–Crippen MR) is 154 cm³/mol. The molecule has 0 spiro atoms. The Labute approximate surface area is 219 Å². The topological polar surface area (TPSA) is 81.3 Å². The third-order valence-electron chi connectivity index (χ3n) is 6.72. The van der Waals surface area contributed by atoms with Crippen LogP contribution in [0.3, 0.4) is 0 Å². The highest BCUT2D eigenvalue weighted by Crippen LogP contribution is 2.25. The monoisotopic (exact) mass is 507 g/mol. The van der Waals surface area contributed by atoms with Crippen LogP contribution in [0.4, 0.5) is 17.1 Å². The van der Waals surface area contributed by atoms with E-state index in [4.69, 9.17) is 0 Å². The largest absolute Gasteiger partial charge is 0.372 e. The molecule has 3 aromatic carbocycles. The minimum absolute atomic E-state index is 0.216. The molecule has 2 heterocycles. The molecule has 0 aliphatic heterocycles. The summed E-state index contributed by atoms with van der Waals surface area (Å²) < 4.78 is 3.91. The normalized spacial score (nSPS) is 11.0. The Morgan fingerprint density at radius 1 is 0.737 bits per heavy atom. The number of pyridine rings is 1. The summed E-state index contributed by atoms with van der Waals surface area (Å²) in [5.41, 5.74) is 1.92. The van der Waals surface area contributed by atoms with Crippen molar-refractivity contribution in [1.82, 2.24) is 13.7 Å². The van der Waals surface area contributed by atoms with E-state index in [1.165, 1.54) is 15.2 Å². The van der Waals surface area contributed by atoms with Crippen molar-refractivity contribution < 1.29 is 0 Å². The molecular formula is C30H29N5O3. The van der Waals surface area contributed by atoms with Gasteiger partial charge in [0.05, 0.1) is 17.1 Å². The zero-order chi connectivity index (χ0) is 26.8. The summed E-state index contributed by atoms with van der Waals surface area (Å²) in [6.07, 6.45) is 0. The minimum atomic E-state index is -0.560. The van der Waals surface area contributed by atoms with Gasteiger partial charge in [-0.25, -0.2) is 13.9 Å². The van der Waals surface area contributed by atoms with Crippen LogP contribution in [0, 0.1) is 0 Å². The standard InChI is InChI=1S/C30H29N5O3/c1-4-33(5-2)22-18-16-21(17-19-22)31-25-20-26(36)32(3)28-27(25)29(37)35(24-14-10-7-11-15-24)30(38)34(28)23-12-8-6-9-13-23/h6-20,31H,4-5H2,1-3H3. The van der Waals surface area contributed by atoms with E-state index in [1.807, 2.05) is 48.5 Å². The predicted octanol–water partition coefficient (Wildman–Crippen LogP) is 4.43. The van der Waals surface area contributed by atoms with Crippen molar-refractivity contribution in [2.24, 2.45) is 7.05 Å². The fourth-order valence-corrected chi connectivity index (χ4v) is 4.76. The Balaban J connectivity index is 1.81. The molecule has 0 atom stereocenters. The molecule has 5 aromatic rings. The van der Waals surface area contributed by atoms with E-state index in [2.05, 4.69) is 24.1 Å². The number of aromatic nitrogens is 3. The number of rotatable bonds is 7. The summed E-state index contributed by atoms with van der Waals surface area (Å²) in [5.74, 6) is 0. The smallest absolute Gasteiger partial charge is 0.341 e. The summed E-state index contributed by atoms with van der Waals surface area (Å²) in [6, 6.07) is 27.0. The van der Waals surface area contributed by atoms with Gasteiger partial charge in [-0.2, -0.15) is 0 Å². The Morgan fingerprint density at radius 2 is 1.29 bits per heavy atom. The molecule has 38 heavy (non-hydrogen) atoms. The number of para-hydroxylation sites is 2. The molecule has 0 bridgehead atoms. The Bertz CT molecular complexity index is 1770. The molecule has 1 N–H and O–H groups in total. The van der Waals surface area contributed by atoms with Gasteiger partial charge < -0.3 is 10.2 Å². The van der Waals surface area contributed by atoms with Crippen molar-refractivity contribution in [1.29, 1.82) is 0 Å². The second kappa shape index (κ2) is 10.3. The zero-order valence-electron chi connectivity index (χ0n) is 21.6. The van der Waals surface area contributed by atoms with Crippen LogP contribution in [0.5, 0.6) is 0 Å². The van der Waals surface area contributed by atoms with E-state index < -0.39 is 11.2 Å². The molecule has 0 unspecified atom stereocenters. The van der Waals surface area contributed by atoms with E-state index >= 15 is 0 Å². The first-order valence-electron chi connectivity index (χ1n) is 12.6. The fraction of sp³-hybridized carbons (Fsp3) is 0.167. The second-order valence-corrected chi connectivity index (χ2v) is 8.93. The van der Waals surface area contributed by atoms with Crippen LogP contribution >= 0.6 is 0 Å². The van der Waals surface area contributed by atoms with Crippen molar-refractivity contribution in [3.05, 3.63) is 122 Å². The van der Waals surface area contributed by atoms with E-state index in [-0.39, 0.29) is 16.6 Å². The molecule has 0 aliphatic rings. The number of fused-ring (bicyclic) bond motifs is 1. The van der Waals surface area contributed by atoms with Gasteiger partial charge in [-0.05, 0) is 62.4 Å². The second-order valence-electron chi connectivity index (χ2n) is 8.93. The fourth-order valence-electron chi connectivity index (χ4n) is 4.76. The Hall–Kier alpha value is -4.85. The van der Waals surface area contributed by atoms with Crippen LogP contribution in [0.2, 0.25) is 0 Å². The lowest BCUT2D eigenvalue weighted by molar-refractivity contribution is 0.784. The van der Waals surface area contributed by atoms with Gasteiger partial charge in [0.15, 0.2) is 0 Å². The summed E-state index contributed by atoms with van der Waals surface area (Å²) in [7, 11) is 1.57. The molecule has 8 heteroatoms. The van der Waals surface area contributed by atoms with E-state index in [1.54, 1.807) is 43.4 Å². The van der Waals surface area contributed by atoms with Gasteiger partial charge in [-0.15, -0.1) is 0 Å². The molecular weight excluding hydrogens is 478 g/mol. The van der Waals surface area contributed by atoms with E-state index in [0.717, 1.165) is 29.0 Å². The van der Waals surface area contributed by atoms with Crippen molar-refractivity contribution in [3.8, 4) is 11.4 Å². The SMILES string of the molecule is CCN(CC)c1ccc(Nc2cc(=O)n(C)c3c2c(=O)n(-c2ccccc2)c(=O)n3-c2ccccc2)cc1. The number of hydrogen-bond donors (Lipinski definition) is 1. The molecule has 2 aromatic heterocycles. The summed E-state index contributed by atoms with van der Waals surface area (Å²) in [5, 5.41) is 3.50. The number of benzene rings is 3. The van der Waals surface area contributed by atoms with Crippen molar-refractivity contribution in [2.45, 2.75) is 13.8 Å². The summed E-state index contributed by atoms with van der Waals surface area (Å²) in [6.45, 7) is 5.98. The number of anilines is 3. The van der Waals surface area contributed by atoms with Crippen molar-refractivity contribution in [3.63, 3.8) is 0 Å². The van der Waals surface area contributed by atoms with Gasteiger partial charge in [0.25, 0.3) is 11.1 Å². The van der Waals surface area contributed by atoms with Crippen LogP contribution in [0.15, 0.2) is 105 Å². The maximum atomic E-state index is 14.0. The summed E-state index contributed by atoms with van der Waals surface area (Å²) >= 11 is 0. The number of aryl methyl sites for hydroxylation is 1. The lowest BCUT2D eigenvalue weighted by Crippen LogP contribution is -2.40. The third kappa shape index (κ3) is 4.30. The van der Waals surface area contributed by atoms with Crippen LogP contribution in [-0.2, 0) is 7.05 Å². The van der Waals surface area contributed by atoms with Crippen LogP contribution in [0.1, 0.15) is 13.8 Å². The first-order valence-corrected chi connectivity index (χ1v) is 12.6. The molecule has 0 fully saturated rings. The highest BCUT2D eigenvalue weighted by molar-refractivity contribution is 5.91. The van der Waals surface area contributed by atoms with Gasteiger partial charge in [0.2, 0.25) is 0 Å². The van der Waals surface area contributed by atoms with Crippen molar-refractivity contribution >= 4 is 28.1 Å². The lowest BCUT2D eigenvalue weighted by Gasteiger charge is -2.21. The van der Waals surface area contributed by atoms with Crippen molar-refractivity contribution in [2.75, 3.05) is 23.3 Å². The highest BCUT2D eigenvalue weighted by atomic mass is 16.2. The van der Waals surface area contributed by atoms with Gasteiger partial charge in [0.1, 0.15) is 11.0 Å². The van der Waals surface area contributed by atoms with Gasteiger partial charge >= 0.3 is 5.69 Å². The average Bonchev–Trinajstić information content (AvgIpc) is 2.94. The third-order valence-corrected chi connectivity index (χ3v) is 6.72. The van der Waals surface area contributed by atoms with E-state index in [9.17, 15) is 14.4 Å². The maximum Gasteiger partial charge on any atom is 0.341 e. The highest BCUT2D eigenvalue weighted by Gasteiger charge is 2.21. The summed E-state index contributed by atoms with van der Waals surface area (Å²) in [4.78, 5) is 43.2. The van der Waals surface area contributed by atoms with Crippen LogP contribution in [0.25, 0.3) is 22.4 Å². The zero-order valence-corrected chi connectivity index (χ0v) is 21.6. The lowest BCUT2D eigenvalue weighted by atomic mass is 10.2. The molecule has 0 amide bonds. The quantitative estimate of drug-likeness (QED) is 0.353. The minimum Gasteiger partial charge on any atom is -0.372 e. The Kier molecular flexibility index (Phi) is 6.70. The molecule has 192 valence electrons. The van der Waals surface area contributed by atoms with Gasteiger partial charge in [0, 0.05) is 37.6 Å². The maximum absolute atomic E-state index is 14.0. The number of hydrogen-bond acceptors (Lipinski definition) is 5. The first-order chi connectivity index (χ1) is 18.4. The average molecular weight is 508 g/mol. The van der Waals surface area contributed by atoms with E-state index in [0.29, 0.717) is 17.1 Å². The first kappa shape index (κ1) is 24.8. The molecule has 0 saturated carbocycles.